The first-order valence-electron chi connectivity index (χ1n) is 8.77. The van der Waals surface area contributed by atoms with Crippen molar-refractivity contribution in [3.05, 3.63) is 35.6 Å². The maximum absolute atomic E-state index is 13.1. The molecular formula is C18H19F4N3O3. The zero-order valence-electron chi connectivity index (χ0n) is 15.1. The monoisotopic (exact) mass is 401 g/mol. The molecular weight excluding hydrogens is 382 g/mol. The molecule has 28 heavy (non-hydrogen) atoms. The average molecular weight is 401 g/mol. The number of piperidine rings is 1. The number of imide groups is 1. The van der Waals surface area contributed by atoms with E-state index in [-0.39, 0.29) is 19.4 Å². The Bertz CT molecular complexity index is 796. The van der Waals surface area contributed by atoms with E-state index in [1.54, 1.807) is 0 Å². The van der Waals surface area contributed by atoms with Crippen LogP contribution < -0.4 is 5.32 Å². The molecule has 0 aromatic heterocycles. The number of likely N-dealkylation sites (tertiary alicyclic amines) is 1. The molecule has 0 saturated carbocycles. The summed E-state index contributed by atoms with van der Waals surface area (Å²) in [7, 11) is 0. The first kappa shape index (κ1) is 20.1. The van der Waals surface area contributed by atoms with Crippen LogP contribution in [0.15, 0.2) is 24.3 Å². The second-order valence-corrected chi connectivity index (χ2v) is 7.17. The van der Waals surface area contributed by atoms with Crippen LogP contribution in [0.5, 0.6) is 0 Å². The summed E-state index contributed by atoms with van der Waals surface area (Å²) >= 11 is 0. The fraction of sp³-hybridized carbons (Fsp3) is 0.500. The first-order chi connectivity index (χ1) is 13.0. The number of nitrogens with one attached hydrogen (secondary N) is 1. The Balaban J connectivity index is 1.72. The number of amides is 4. The summed E-state index contributed by atoms with van der Waals surface area (Å²) in [4.78, 5) is 39.2. The maximum atomic E-state index is 13.1. The number of rotatable bonds is 3. The van der Waals surface area contributed by atoms with E-state index in [2.05, 4.69) is 5.32 Å². The van der Waals surface area contributed by atoms with Gasteiger partial charge in [0, 0.05) is 13.1 Å². The van der Waals surface area contributed by atoms with Crippen molar-refractivity contribution in [3.63, 3.8) is 0 Å². The Labute approximate surface area is 158 Å². The third-order valence-corrected chi connectivity index (χ3v) is 5.23. The molecule has 2 heterocycles. The third kappa shape index (κ3) is 3.67. The molecule has 10 heteroatoms. The van der Waals surface area contributed by atoms with Crippen molar-refractivity contribution in [1.82, 2.24) is 15.1 Å². The van der Waals surface area contributed by atoms with Crippen molar-refractivity contribution in [1.29, 1.82) is 0 Å². The van der Waals surface area contributed by atoms with Crippen molar-refractivity contribution in [2.24, 2.45) is 5.92 Å². The number of halogens is 4. The first-order valence-corrected chi connectivity index (χ1v) is 8.77. The van der Waals surface area contributed by atoms with Crippen LogP contribution in [-0.4, -0.2) is 53.5 Å². The second-order valence-electron chi connectivity index (χ2n) is 7.17. The van der Waals surface area contributed by atoms with Gasteiger partial charge in [-0.25, -0.2) is 9.18 Å². The Morgan fingerprint density at radius 3 is 2.50 bits per heavy atom. The Morgan fingerprint density at radius 2 is 1.89 bits per heavy atom. The van der Waals surface area contributed by atoms with Crippen LogP contribution in [0.25, 0.3) is 0 Å². The van der Waals surface area contributed by atoms with E-state index < -0.39 is 54.4 Å². The number of nitrogens with zero attached hydrogens (tertiary/aromatic N) is 2. The fourth-order valence-electron chi connectivity index (χ4n) is 3.53. The lowest BCUT2D eigenvalue weighted by Crippen LogP contribution is -2.49. The van der Waals surface area contributed by atoms with Gasteiger partial charge < -0.3 is 10.2 Å². The van der Waals surface area contributed by atoms with E-state index in [4.69, 9.17) is 0 Å². The van der Waals surface area contributed by atoms with Crippen LogP contribution in [0.1, 0.15) is 25.3 Å². The topological polar surface area (TPSA) is 69.7 Å². The summed E-state index contributed by atoms with van der Waals surface area (Å²) in [6.07, 6.45) is -4.26. The zero-order valence-corrected chi connectivity index (χ0v) is 15.1. The molecule has 6 nitrogen and oxygen atoms in total. The van der Waals surface area contributed by atoms with Crippen molar-refractivity contribution < 1.29 is 31.9 Å². The van der Waals surface area contributed by atoms with E-state index >= 15 is 0 Å². The summed E-state index contributed by atoms with van der Waals surface area (Å²) in [5.41, 5.74) is -1.15. The van der Waals surface area contributed by atoms with Crippen LogP contribution in [0, 0.1) is 11.7 Å². The molecule has 1 aromatic rings. The van der Waals surface area contributed by atoms with Gasteiger partial charge in [-0.3, -0.25) is 14.5 Å². The van der Waals surface area contributed by atoms with Crippen molar-refractivity contribution in [2.45, 2.75) is 31.5 Å². The smallest absolute Gasteiger partial charge is 0.341 e. The van der Waals surface area contributed by atoms with E-state index in [0.717, 1.165) is 17.0 Å². The van der Waals surface area contributed by atoms with Gasteiger partial charge in [-0.2, -0.15) is 13.2 Å². The molecule has 1 aromatic carbocycles. The lowest BCUT2D eigenvalue weighted by Gasteiger charge is -2.34. The lowest BCUT2D eigenvalue weighted by molar-refractivity contribution is -0.188. The highest BCUT2D eigenvalue weighted by atomic mass is 19.4. The van der Waals surface area contributed by atoms with Gasteiger partial charge >= 0.3 is 12.2 Å². The summed E-state index contributed by atoms with van der Waals surface area (Å²) in [6.45, 7) is 0.434. The number of hydrogen-bond donors (Lipinski definition) is 1. The molecule has 1 N–H and O–H groups in total. The quantitative estimate of drug-likeness (QED) is 0.625. The van der Waals surface area contributed by atoms with Gasteiger partial charge in [-0.15, -0.1) is 0 Å². The zero-order chi connectivity index (χ0) is 20.7. The molecule has 2 saturated heterocycles. The molecule has 2 aliphatic rings. The minimum Gasteiger partial charge on any atom is -0.341 e. The van der Waals surface area contributed by atoms with Gasteiger partial charge in [-0.1, -0.05) is 12.1 Å². The van der Waals surface area contributed by atoms with Gasteiger partial charge in [0.15, 0.2) is 0 Å². The highest BCUT2D eigenvalue weighted by molar-refractivity contribution is 6.09. The van der Waals surface area contributed by atoms with Gasteiger partial charge in [-0.05, 0) is 37.5 Å². The molecule has 0 aliphatic carbocycles. The van der Waals surface area contributed by atoms with Crippen LogP contribution in [-0.2, 0) is 15.1 Å². The highest BCUT2D eigenvalue weighted by Crippen LogP contribution is 2.33. The van der Waals surface area contributed by atoms with Crippen molar-refractivity contribution >= 4 is 17.8 Å². The van der Waals surface area contributed by atoms with Crippen LogP contribution in [0.3, 0.4) is 0 Å². The van der Waals surface area contributed by atoms with E-state index in [1.165, 1.54) is 19.1 Å². The minimum absolute atomic E-state index is 0.0565. The standard InChI is InChI=1S/C18H19F4N3O3/c1-17(11-4-6-13(19)7-5-11)15(27)25(16(28)23-17)10-14(26)24-8-2-3-12(9-24)18(20,21)22/h4-7,12H,2-3,8-10H2,1H3,(H,23,28). The second kappa shape index (κ2) is 7.06. The van der Waals surface area contributed by atoms with Gasteiger partial charge in [0.05, 0.1) is 5.92 Å². The van der Waals surface area contributed by atoms with Gasteiger partial charge in [0.25, 0.3) is 5.91 Å². The molecule has 4 amide bonds. The normalized spacial score (nSPS) is 25.8. The molecule has 2 aliphatic heterocycles. The lowest BCUT2D eigenvalue weighted by atomic mass is 9.92. The molecule has 3 rings (SSSR count). The van der Waals surface area contributed by atoms with E-state index in [9.17, 15) is 31.9 Å². The van der Waals surface area contributed by atoms with Crippen LogP contribution in [0.2, 0.25) is 0 Å². The molecule has 2 unspecified atom stereocenters. The number of carbonyl (C=O) groups excluding carboxylic acids is 3. The summed E-state index contributed by atoms with van der Waals surface area (Å²) in [5.74, 6) is -3.57. The van der Waals surface area contributed by atoms with E-state index in [1.807, 2.05) is 0 Å². The molecule has 0 radical (unpaired) electrons. The van der Waals surface area contributed by atoms with Gasteiger partial charge in [0.1, 0.15) is 17.9 Å². The Kier molecular flexibility index (Phi) is 5.07. The molecule has 152 valence electrons. The highest BCUT2D eigenvalue weighted by Gasteiger charge is 2.50. The summed E-state index contributed by atoms with van der Waals surface area (Å²) in [6, 6.07) is 4.14. The SMILES string of the molecule is CC1(c2ccc(F)cc2)NC(=O)N(CC(=O)N2CCCC(C(F)(F)F)C2)C1=O. The summed E-state index contributed by atoms with van der Waals surface area (Å²) < 4.78 is 51.9. The predicted octanol–water partition coefficient (Wildman–Crippen LogP) is 2.39. The van der Waals surface area contributed by atoms with Gasteiger partial charge in [0.2, 0.25) is 5.91 Å². The third-order valence-electron chi connectivity index (χ3n) is 5.23. The largest absolute Gasteiger partial charge is 0.393 e. The Hall–Kier alpha value is -2.65. The maximum Gasteiger partial charge on any atom is 0.393 e. The molecule has 2 atom stereocenters. The molecule has 0 spiro atoms. The average Bonchev–Trinajstić information content (AvgIpc) is 2.85. The van der Waals surface area contributed by atoms with Crippen molar-refractivity contribution in [2.75, 3.05) is 19.6 Å². The number of benzene rings is 1. The summed E-state index contributed by atoms with van der Waals surface area (Å²) in [5, 5.41) is 2.47. The predicted molar refractivity (Wildman–Crippen MR) is 89.4 cm³/mol. The van der Waals surface area contributed by atoms with Crippen LogP contribution >= 0.6 is 0 Å². The van der Waals surface area contributed by atoms with Crippen molar-refractivity contribution in [3.8, 4) is 0 Å². The Morgan fingerprint density at radius 1 is 1.25 bits per heavy atom. The molecule has 2 fully saturated rings. The number of carbonyl (C=O) groups is 3. The number of alkyl halides is 3. The molecule has 0 bridgehead atoms. The number of urea groups is 1. The minimum atomic E-state index is -4.40. The van der Waals surface area contributed by atoms with Crippen LogP contribution in [0.4, 0.5) is 22.4 Å². The number of hydrogen-bond acceptors (Lipinski definition) is 3. The van der Waals surface area contributed by atoms with E-state index in [0.29, 0.717) is 10.5 Å². The fourth-order valence-corrected chi connectivity index (χ4v) is 3.53.